The summed E-state index contributed by atoms with van der Waals surface area (Å²) in [6.45, 7) is 0. The second-order valence-corrected chi connectivity index (χ2v) is 0.641. The van der Waals surface area contributed by atoms with Gasteiger partial charge in [0, 0.05) is 16.5 Å². The van der Waals surface area contributed by atoms with Crippen LogP contribution in [0.3, 0.4) is 0 Å². The molecular formula is CH3NNiO2S. The summed E-state index contributed by atoms with van der Waals surface area (Å²) in [4.78, 5) is 9.18. The second-order valence-electron chi connectivity index (χ2n) is 0.417. The van der Waals surface area contributed by atoms with Crippen molar-refractivity contribution in [2.75, 3.05) is 0 Å². The van der Waals surface area contributed by atoms with Crippen molar-refractivity contribution in [2.45, 2.75) is 0 Å². The minimum Gasteiger partial charge on any atom is -0.464 e. The number of amides is 1. The van der Waals surface area contributed by atoms with E-state index < -0.39 is 6.09 Å². The Morgan fingerprint density at radius 1 is 1.83 bits per heavy atom. The molecule has 0 aromatic heterocycles. The smallest absolute Gasteiger partial charge is 0.414 e. The van der Waals surface area contributed by atoms with Gasteiger partial charge in [-0.1, -0.05) is 12.8 Å². The number of carboxylic acid groups (broad SMARTS) is 1. The van der Waals surface area contributed by atoms with Crippen molar-refractivity contribution < 1.29 is 26.4 Å². The second kappa shape index (κ2) is 5.11. The largest absolute Gasteiger partial charge is 0.464 e. The van der Waals surface area contributed by atoms with E-state index in [0.29, 0.717) is 0 Å². The molecule has 0 spiro atoms. The van der Waals surface area contributed by atoms with Crippen molar-refractivity contribution >= 4 is 18.9 Å². The maximum absolute atomic E-state index is 9.18. The number of hydrogen-bond donors (Lipinski definition) is 3. The predicted molar refractivity (Wildman–Crippen MR) is 20.1 cm³/mol. The first kappa shape index (κ1) is 9.45. The van der Waals surface area contributed by atoms with E-state index in [1.54, 1.807) is 4.72 Å². The van der Waals surface area contributed by atoms with E-state index in [-0.39, 0.29) is 16.5 Å². The SMILES string of the molecule is O=C(O)NS.[Ni]. The van der Waals surface area contributed by atoms with E-state index in [1.165, 1.54) is 0 Å². The zero-order chi connectivity index (χ0) is 4.28. The van der Waals surface area contributed by atoms with Gasteiger partial charge in [-0.15, -0.1) is 0 Å². The van der Waals surface area contributed by atoms with Crippen LogP contribution in [0.25, 0.3) is 0 Å². The van der Waals surface area contributed by atoms with Crippen LogP contribution in [0.4, 0.5) is 4.79 Å². The maximum atomic E-state index is 9.18. The third-order valence-electron chi connectivity index (χ3n) is 0.0956. The van der Waals surface area contributed by atoms with Gasteiger partial charge in [0.05, 0.1) is 0 Å². The fraction of sp³-hybridized carbons (Fsp3) is 0. The Bertz CT molecular complexity index is 48.8. The van der Waals surface area contributed by atoms with Gasteiger partial charge < -0.3 is 5.11 Å². The molecule has 3 nitrogen and oxygen atoms in total. The zero-order valence-electron chi connectivity index (χ0n) is 2.62. The Hall–Kier alpha value is 0.114. The molecular weight excluding hydrogens is 149 g/mol. The molecule has 0 unspecified atom stereocenters. The van der Waals surface area contributed by atoms with Gasteiger partial charge in [0.15, 0.2) is 0 Å². The standard InChI is InChI=1S/CH3NO2S.Ni/c3-1(4)2-5;/h2,5H,(H,3,4);. The summed E-state index contributed by atoms with van der Waals surface area (Å²) in [5.41, 5.74) is 0. The van der Waals surface area contributed by atoms with E-state index in [2.05, 4.69) is 12.8 Å². The number of hydrogen-bond acceptors (Lipinski definition) is 2. The molecule has 40 valence electrons. The fourth-order valence-electron chi connectivity index (χ4n) is 0. The first-order valence-corrected chi connectivity index (χ1v) is 1.35. The van der Waals surface area contributed by atoms with Crippen molar-refractivity contribution in [3.63, 3.8) is 0 Å². The Balaban J connectivity index is 0. The third kappa shape index (κ3) is 8.93. The third-order valence-corrected chi connectivity index (χ3v) is 0.287. The molecule has 0 aliphatic carbocycles. The van der Waals surface area contributed by atoms with Crippen LogP contribution < -0.4 is 4.72 Å². The molecule has 0 radical (unpaired) electrons. The molecule has 0 saturated heterocycles. The van der Waals surface area contributed by atoms with Crippen molar-refractivity contribution in [1.82, 2.24) is 4.72 Å². The first-order chi connectivity index (χ1) is 2.27. The molecule has 1 amide bonds. The van der Waals surface area contributed by atoms with Crippen LogP contribution in [0.15, 0.2) is 0 Å². The summed E-state index contributed by atoms with van der Waals surface area (Å²) >= 11 is 3.17. The first-order valence-electron chi connectivity index (χ1n) is 0.901. The van der Waals surface area contributed by atoms with Gasteiger partial charge in [0.1, 0.15) is 0 Å². The van der Waals surface area contributed by atoms with E-state index in [9.17, 15) is 4.79 Å². The zero-order valence-corrected chi connectivity index (χ0v) is 4.50. The Labute approximate surface area is 50.6 Å². The van der Waals surface area contributed by atoms with Crippen LogP contribution >= 0.6 is 12.8 Å². The van der Waals surface area contributed by atoms with Gasteiger partial charge in [-0.2, -0.15) is 0 Å². The quantitative estimate of drug-likeness (QED) is 0.340. The van der Waals surface area contributed by atoms with Crippen LogP contribution in [0.1, 0.15) is 0 Å². The minimum atomic E-state index is -1.13. The van der Waals surface area contributed by atoms with E-state index in [0.717, 1.165) is 0 Å². The van der Waals surface area contributed by atoms with Gasteiger partial charge in [-0.05, 0) is 0 Å². The molecule has 2 N–H and O–H groups in total. The van der Waals surface area contributed by atoms with Crippen molar-refractivity contribution in [3.8, 4) is 0 Å². The average Bonchev–Trinajstić information content (AvgIpc) is 1.38. The summed E-state index contributed by atoms with van der Waals surface area (Å²) in [6, 6.07) is 0. The molecule has 0 bridgehead atoms. The van der Waals surface area contributed by atoms with Crippen molar-refractivity contribution in [2.24, 2.45) is 0 Å². The van der Waals surface area contributed by atoms with Gasteiger partial charge in [-0.3, -0.25) is 4.72 Å². The van der Waals surface area contributed by atoms with Crippen LogP contribution in [0.5, 0.6) is 0 Å². The molecule has 0 saturated carbocycles. The molecule has 6 heavy (non-hydrogen) atoms. The summed E-state index contributed by atoms with van der Waals surface area (Å²) < 4.78 is 1.64. The average molecular weight is 152 g/mol. The topological polar surface area (TPSA) is 49.3 Å². The maximum Gasteiger partial charge on any atom is 0.414 e. The Morgan fingerprint density at radius 3 is 2.00 bits per heavy atom. The minimum absolute atomic E-state index is 0. The molecule has 0 fully saturated rings. The molecule has 0 aromatic rings. The van der Waals surface area contributed by atoms with Crippen LogP contribution in [0.2, 0.25) is 0 Å². The molecule has 0 aromatic carbocycles. The monoisotopic (exact) mass is 151 g/mol. The van der Waals surface area contributed by atoms with E-state index in [1.807, 2.05) is 0 Å². The van der Waals surface area contributed by atoms with Crippen LogP contribution in [-0.4, -0.2) is 11.2 Å². The van der Waals surface area contributed by atoms with Crippen molar-refractivity contribution in [3.05, 3.63) is 0 Å². The van der Waals surface area contributed by atoms with Gasteiger partial charge in [0.2, 0.25) is 0 Å². The Morgan fingerprint density at radius 2 is 2.00 bits per heavy atom. The molecule has 0 aliphatic rings. The molecule has 0 atom stereocenters. The summed E-state index contributed by atoms with van der Waals surface area (Å²) in [5.74, 6) is 0. The van der Waals surface area contributed by atoms with Gasteiger partial charge in [-0.25, -0.2) is 4.79 Å². The number of rotatable bonds is 0. The number of thiol groups is 1. The van der Waals surface area contributed by atoms with E-state index in [4.69, 9.17) is 5.11 Å². The van der Waals surface area contributed by atoms with Crippen LogP contribution in [0, 0.1) is 0 Å². The predicted octanol–water partition coefficient (Wildman–Crippen LogP) is 0.0963. The molecule has 5 heteroatoms. The number of nitrogens with one attached hydrogen (secondary N) is 1. The normalized spacial score (nSPS) is 5.50. The van der Waals surface area contributed by atoms with Crippen LogP contribution in [-0.2, 0) is 16.5 Å². The van der Waals surface area contributed by atoms with E-state index >= 15 is 0 Å². The van der Waals surface area contributed by atoms with Gasteiger partial charge in [0.25, 0.3) is 0 Å². The summed E-state index contributed by atoms with van der Waals surface area (Å²) in [7, 11) is 0. The summed E-state index contributed by atoms with van der Waals surface area (Å²) in [6.07, 6.45) is -1.13. The molecule has 0 rings (SSSR count). The number of carbonyl (C=O) groups is 1. The Kier molecular flexibility index (Phi) is 8.05. The van der Waals surface area contributed by atoms with Gasteiger partial charge >= 0.3 is 6.09 Å². The summed E-state index contributed by atoms with van der Waals surface area (Å²) in [5, 5.41) is 7.53. The van der Waals surface area contributed by atoms with Crippen molar-refractivity contribution in [1.29, 1.82) is 0 Å². The molecule has 0 heterocycles. The fourth-order valence-corrected chi connectivity index (χ4v) is 0. The molecule has 0 aliphatic heterocycles.